The normalized spacial score (nSPS) is 11.3. The van der Waals surface area contributed by atoms with Crippen molar-refractivity contribution in [3.05, 3.63) is 59.2 Å². The van der Waals surface area contributed by atoms with Crippen molar-refractivity contribution in [1.29, 1.82) is 0 Å². The maximum Gasteiger partial charge on any atom is 0.0662 e. The molecule has 0 aliphatic heterocycles. The topological polar surface area (TPSA) is 40.5 Å². The van der Waals surface area contributed by atoms with Crippen LogP contribution in [0.5, 0.6) is 0 Å². The second-order valence-corrected chi connectivity index (χ2v) is 7.81. The molecule has 2 N–H and O–H groups in total. The summed E-state index contributed by atoms with van der Waals surface area (Å²) < 4.78 is 0. The lowest BCUT2D eigenvalue weighted by atomic mass is 9.82. The summed E-state index contributed by atoms with van der Waals surface area (Å²) >= 11 is 0. The number of aliphatic hydroxyl groups is 2. The average molecular weight is 391 g/mol. The van der Waals surface area contributed by atoms with Crippen molar-refractivity contribution in [2.45, 2.75) is 59.3 Å². The monoisotopic (exact) mass is 390 g/mol. The molecule has 0 unspecified atom stereocenters. The smallest absolute Gasteiger partial charge is 0.0662 e. The van der Waals surface area contributed by atoms with Crippen LogP contribution in [0, 0.1) is 0 Å². The van der Waals surface area contributed by atoms with Crippen LogP contribution in [-0.4, -0.2) is 23.4 Å². The Kier molecular flexibility index (Phi) is 7.46. The minimum absolute atomic E-state index is 0.125. The van der Waals surface area contributed by atoms with Crippen LogP contribution in [0.25, 0.3) is 32.3 Å². The van der Waals surface area contributed by atoms with Gasteiger partial charge in [-0.05, 0) is 68.3 Å². The van der Waals surface area contributed by atoms with Gasteiger partial charge in [-0.15, -0.1) is 0 Å². The Bertz CT molecular complexity index is 989. The Balaban J connectivity index is 0.000000552. The Labute approximate surface area is 174 Å². The van der Waals surface area contributed by atoms with Crippen LogP contribution < -0.4 is 0 Å². The Morgan fingerprint density at radius 2 is 1.00 bits per heavy atom. The molecule has 154 valence electrons. The summed E-state index contributed by atoms with van der Waals surface area (Å²) in [5, 5.41) is 24.0. The molecule has 4 aromatic rings. The van der Waals surface area contributed by atoms with Gasteiger partial charge in [-0.1, -0.05) is 82.5 Å². The minimum Gasteiger partial charge on any atom is -0.394 e. The zero-order valence-corrected chi connectivity index (χ0v) is 18.1. The van der Waals surface area contributed by atoms with Crippen molar-refractivity contribution in [2.24, 2.45) is 0 Å². The molecule has 0 saturated carbocycles. The molecule has 4 rings (SSSR count). The number of hydrogen-bond acceptors (Lipinski definition) is 2. The standard InChI is InChI=1S/C25H28.C2H6O2/c1-4-8-19-20(9-5-2)22-15-13-17-11-7-12-18-14-16-23(21(19)10-6-3)25(22)24(17)18;3-1-2-4/h7,11-16H,4-6,8-10H2,1-3H3;3-4H,1-2H2. The van der Waals surface area contributed by atoms with Gasteiger partial charge in [0, 0.05) is 0 Å². The van der Waals surface area contributed by atoms with E-state index in [0.717, 1.165) is 0 Å². The zero-order valence-electron chi connectivity index (χ0n) is 18.1. The second-order valence-electron chi connectivity index (χ2n) is 7.81. The average Bonchev–Trinajstić information content (AvgIpc) is 2.76. The minimum atomic E-state index is -0.125. The Morgan fingerprint density at radius 3 is 1.41 bits per heavy atom. The van der Waals surface area contributed by atoms with Crippen LogP contribution in [0.2, 0.25) is 0 Å². The predicted molar refractivity (Wildman–Crippen MR) is 126 cm³/mol. The van der Waals surface area contributed by atoms with Crippen LogP contribution in [-0.2, 0) is 19.3 Å². The molecule has 0 bridgehead atoms. The third-order valence-electron chi connectivity index (χ3n) is 5.76. The van der Waals surface area contributed by atoms with Gasteiger partial charge >= 0.3 is 0 Å². The van der Waals surface area contributed by atoms with E-state index in [-0.39, 0.29) is 13.2 Å². The molecule has 0 saturated heterocycles. The first kappa shape index (κ1) is 21.5. The van der Waals surface area contributed by atoms with Gasteiger partial charge in [0.15, 0.2) is 0 Å². The van der Waals surface area contributed by atoms with Crippen molar-refractivity contribution in [2.75, 3.05) is 13.2 Å². The highest BCUT2D eigenvalue weighted by Gasteiger charge is 2.18. The predicted octanol–water partition coefficient (Wildman–Crippen LogP) is 6.41. The maximum atomic E-state index is 7.62. The first-order chi connectivity index (χ1) is 14.2. The molecule has 29 heavy (non-hydrogen) atoms. The van der Waals surface area contributed by atoms with Crippen LogP contribution >= 0.6 is 0 Å². The van der Waals surface area contributed by atoms with Crippen molar-refractivity contribution in [1.82, 2.24) is 0 Å². The summed E-state index contributed by atoms with van der Waals surface area (Å²) in [5.41, 5.74) is 4.90. The van der Waals surface area contributed by atoms with Gasteiger partial charge < -0.3 is 10.2 Å². The third-order valence-corrected chi connectivity index (χ3v) is 5.76. The maximum absolute atomic E-state index is 7.62. The molecule has 0 aliphatic rings. The van der Waals surface area contributed by atoms with Crippen molar-refractivity contribution in [3.63, 3.8) is 0 Å². The lowest BCUT2D eigenvalue weighted by Crippen LogP contribution is -2.04. The summed E-state index contributed by atoms with van der Waals surface area (Å²) in [6, 6.07) is 16.2. The molecule has 0 amide bonds. The molecule has 2 nitrogen and oxygen atoms in total. The van der Waals surface area contributed by atoms with E-state index in [0.29, 0.717) is 0 Å². The summed E-state index contributed by atoms with van der Waals surface area (Å²) in [4.78, 5) is 0. The number of benzene rings is 4. The Morgan fingerprint density at radius 1 is 0.552 bits per heavy atom. The number of aryl methyl sites for hydroxylation is 2. The highest BCUT2D eigenvalue weighted by molar-refractivity contribution is 6.24. The van der Waals surface area contributed by atoms with E-state index in [9.17, 15) is 0 Å². The van der Waals surface area contributed by atoms with Crippen LogP contribution in [0.15, 0.2) is 42.5 Å². The van der Waals surface area contributed by atoms with E-state index in [1.807, 2.05) is 0 Å². The van der Waals surface area contributed by atoms with Gasteiger partial charge in [-0.3, -0.25) is 0 Å². The first-order valence-corrected chi connectivity index (χ1v) is 11.1. The van der Waals surface area contributed by atoms with Gasteiger partial charge in [0.2, 0.25) is 0 Å². The summed E-state index contributed by atoms with van der Waals surface area (Å²) in [7, 11) is 0. The lowest BCUT2D eigenvalue weighted by molar-refractivity contribution is 0.186. The molecule has 0 aliphatic carbocycles. The van der Waals surface area contributed by atoms with E-state index in [2.05, 4.69) is 63.2 Å². The summed E-state index contributed by atoms with van der Waals surface area (Å²) in [6.07, 6.45) is 7.25. The zero-order chi connectivity index (χ0) is 20.8. The van der Waals surface area contributed by atoms with Crippen LogP contribution in [0.3, 0.4) is 0 Å². The second kappa shape index (κ2) is 10.0. The highest BCUT2D eigenvalue weighted by atomic mass is 16.3. The highest BCUT2D eigenvalue weighted by Crippen LogP contribution is 2.41. The molecule has 0 heterocycles. The van der Waals surface area contributed by atoms with E-state index in [1.165, 1.54) is 70.8 Å². The summed E-state index contributed by atoms with van der Waals surface area (Å²) in [6.45, 7) is 6.69. The van der Waals surface area contributed by atoms with E-state index >= 15 is 0 Å². The molecule has 0 aromatic heterocycles. The molecule has 4 aromatic carbocycles. The number of aliphatic hydroxyl groups excluding tert-OH is 2. The van der Waals surface area contributed by atoms with Gasteiger partial charge in [-0.25, -0.2) is 0 Å². The molecular weight excluding hydrogens is 356 g/mol. The molecule has 0 radical (unpaired) electrons. The van der Waals surface area contributed by atoms with E-state index in [1.54, 1.807) is 16.7 Å². The Hall–Kier alpha value is -2.16. The van der Waals surface area contributed by atoms with E-state index < -0.39 is 0 Å². The van der Waals surface area contributed by atoms with Crippen molar-refractivity contribution in [3.8, 4) is 0 Å². The van der Waals surface area contributed by atoms with Gasteiger partial charge in [0.1, 0.15) is 0 Å². The van der Waals surface area contributed by atoms with Crippen LogP contribution in [0.4, 0.5) is 0 Å². The lowest BCUT2D eigenvalue weighted by Gasteiger charge is -2.22. The molecule has 2 heteroatoms. The van der Waals surface area contributed by atoms with Gasteiger partial charge in [0.25, 0.3) is 0 Å². The van der Waals surface area contributed by atoms with E-state index in [4.69, 9.17) is 10.2 Å². The fraction of sp³-hybridized carbons (Fsp3) is 0.407. The van der Waals surface area contributed by atoms with Crippen LogP contribution in [0.1, 0.15) is 56.7 Å². The molecular formula is C27H34O2. The van der Waals surface area contributed by atoms with Gasteiger partial charge in [0.05, 0.1) is 13.2 Å². The molecule has 0 fully saturated rings. The molecule has 0 spiro atoms. The van der Waals surface area contributed by atoms with Crippen molar-refractivity contribution >= 4 is 32.3 Å². The van der Waals surface area contributed by atoms with Gasteiger partial charge in [-0.2, -0.15) is 0 Å². The number of hydrogen-bond donors (Lipinski definition) is 2. The fourth-order valence-electron chi connectivity index (χ4n) is 4.72. The largest absolute Gasteiger partial charge is 0.394 e. The first-order valence-electron chi connectivity index (χ1n) is 11.1. The fourth-order valence-corrected chi connectivity index (χ4v) is 4.72. The summed E-state index contributed by atoms with van der Waals surface area (Å²) in [5.74, 6) is 0. The number of rotatable bonds is 7. The third kappa shape index (κ3) is 4.10. The molecule has 0 atom stereocenters. The SMILES string of the molecule is CCCc1c(CCC)c2ccc3cccc4ccc(c1CCC)c2c34.OCCO. The van der Waals surface area contributed by atoms with Crippen molar-refractivity contribution < 1.29 is 10.2 Å². The quantitative estimate of drug-likeness (QED) is 0.358.